The minimum absolute atomic E-state index is 0.00350. The maximum atomic E-state index is 12.5. The van der Waals surface area contributed by atoms with E-state index in [0.29, 0.717) is 18.3 Å². The van der Waals surface area contributed by atoms with Gasteiger partial charge in [0, 0.05) is 37.0 Å². The summed E-state index contributed by atoms with van der Waals surface area (Å²) in [5.74, 6) is 7.28. The number of hydrogen-bond donors (Lipinski definition) is 0. The van der Waals surface area contributed by atoms with Crippen LogP contribution in [-0.4, -0.2) is 35.5 Å². The third-order valence-electron chi connectivity index (χ3n) is 4.59. The van der Waals surface area contributed by atoms with Crippen LogP contribution in [0.1, 0.15) is 25.0 Å². The van der Waals surface area contributed by atoms with Crippen LogP contribution in [0.25, 0.3) is 0 Å². The molecule has 2 aromatic rings. The molecule has 4 nitrogen and oxygen atoms in total. The van der Waals surface area contributed by atoms with E-state index in [1.54, 1.807) is 16.0 Å². The number of amides is 2. The van der Waals surface area contributed by atoms with Crippen LogP contribution < -0.4 is 4.90 Å². The number of carbonyl (C=O) groups is 1. The molecule has 122 valence electrons. The zero-order chi connectivity index (χ0) is 17.1. The highest BCUT2D eigenvalue weighted by molar-refractivity contribution is 5.92. The maximum absolute atomic E-state index is 12.5. The summed E-state index contributed by atoms with van der Waals surface area (Å²) < 4.78 is 0. The molecule has 0 bridgehead atoms. The number of pyridine rings is 1. The molecule has 2 amide bonds. The van der Waals surface area contributed by atoms with E-state index in [2.05, 4.69) is 30.7 Å². The van der Waals surface area contributed by atoms with E-state index in [-0.39, 0.29) is 12.1 Å². The van der Waals surface area contributed by atoms with Gasteiger partial charge in [0.25, 0.3) is 0 Å². The van der Waals surface area contributed by atoms with Crippen molar-refractivity contribution >= 4 is 11.8 Å². The van der Waals surface area contributed by atoms with E-state index >= 15 is 0 Å². The number of rotatable bonds is 1. The predicted molar refractivity (Wildman–Crippen MR) is 95.8 cm³/mol. The van der Waals surface area contributed by atoms with Crippen LogP contribution >= 0.6 is 0 Å². The minimum Gasteiger partial charge on any atom is -0.324 e. The van der Waals surface area contributed by atoms with Crippen molar-refractivity contribution in [2.24, 2.45) is 5.92 Å². The van der Waals surface area contributed by atoms with Crippen LogP contribution in [0, 0.1) is 17.8 Å². The number of nitrogens with zero attached hydrogens (tertiary/aromatic N) is 3. The number of hydrogen-bond acceptors (Lipinski definition) is 2. The Hall–Kier alpha value is -2.80. The summed E-state index contributed by atoms with van der Waals surface area (Å²) in [6.07, 6.45) is 1.72. The third-order valence-corrected chi connectivity index (χ3v) is 4.59. The van der Waals surface area contributed by atoms with Gasteiger partial charge in [-0.1, -0.05) is 37.0 Å². The summed E-state index contributed by atoms with van der Waals surface area (Å²) in [4.78, 5) is 20.4. The number of urea groups is 1. The average molecular weight is 319 g/mol. The number of anilines is 1. The molecule has 1 aliphatic rings. The summed E-state index contributed by atoms with van der Waals surface area (Å²) in [5.41, 5.74) is 1.80. The van der Waals surface area contributed by atoms with Crippen molar-refractivity contribution in [2.75, 3.05) is 18.5 Å². The van der Waals surface area contributed by atoms with Crippen molar-refractivity contribution in [2.45, 2.75) is 19.9 Å². The molecule has 0 saturated carbocycles. The summed E-state index contributed by atoms with van der Waals surface area (Å²) >= 11 is 0. The van der Waals surface area contributed by atoms with E-state index in [0.717, 1.165) is 11.1 Å². The Morgan fingerprint density at radius 2 is 1.75 bits per heavy atom. The molecule has 24 heavy (non-hydrogen) atoms. The van der Waals surface area contributed by atoms with Gasteiger partial charge >= 0.3 is 6.03 Å². The van der Waals surface area contributed by atoms with Crippen molar-refractivity contribution in [1.29, 1.82) is 0 Å². The van der Waals surface area contributed by atoms with Gasteiger partial charge in [0.2, 0.25) is 0 Å². The lowest BCUT2D eigenvalue weighted by atomic mass is 9.99. The number of carbonyl (C=O) groups excluding carboxylic acids is 1. The quantitative estimate of drug-likeness (QED) is 0.756. The highest BCUT2D eigenvalue weighted by atomic mass is 16.2. The molecule has 3 rings (SSSR count). The van der Waals surface area contributed by atoms with Gasteiger partial charge in [0.15, 0.2) is 0 Å². The number of benzene rings is 1. The largest absolute Gasteiger partial charge is 0.325 e. The van der Waals surface area contributed by atoms with Crippen molar-refractivity contribution in [3.63, 3.8) is 0 Å². The monoisotopic (exact) mass is 319 g/mol. The van der Waals surface area contributed by atoms with E-state index < -0.39 is 0 Å². The van der Waals surface area contributed by atoms with E-state index in [1.807, 2.05) is 49.5 Å². The maximum Gasteiger partial charge on any atom is 0.325 e. The Morgan fingerprint density at radius 1 is 1.04 bits per heavy atom. The molecular weight excluding hydrogens is 298 g/mol. The Labute approximate surface area is 143 Å². The molecule has 2 heterocycles. The third kappa shape index (κ3) is 3.26. The fraction of sp³-hybridized carbons (Fsp3) is 0.300. The van der Waals surface area contributed by atoms with Crippen molar-refractivity contribution < 1.29 is 4.79 Å². The van der Waals surface area contributed by atoms with Gasteiger partial charge in [-0.25, -0.2) is 9.78 Å². The van der Waals surface area contributed by atoms with Crippen molar-refractivity contribution in [3.05, 3.63) is 59.8 Å². The normalized spacial score (nSPS) is 20.5. The predicted octanol–water partition coefficient (Wildman–Crippen LogP) is 3.38. The number of aromatic nitrogens is 1. The van der Waals surface area contributed by atoms with E-state index in [4.69, 9.17) is 0 Å². The zero-order valence-corrected chi connectivity index (χ0v) is 14.2. The Morgan fingerprint density at radius 3 is 2.42 bits per heavy atom. The van der Waals surface area contributed by atoms with Gasteiger partial charge in [-0.2, -0.15) is 0 Å². The first-order valence-corrected chi connectivity index (χ1v) is 8.13. The van der Waals surface area contributed by atoms with E-state index in [9.17, 15) is 4.79 Å². The standard InChI is InChI=1S/C20H21N3O/c1-15-14-23(20(24)22(3)16(15)2)19-12-11-18(13-21-19)10-9-17-7-5-4-6-8-17/h4-8,11-13,15-16H,14H2,1-3H3. The average Bonchev–Trinajstić information content (AvgIpc) is 2.62. The molecule has 1 aromatic heterocycles. The Bertz CT molecular complexity index is 774. The van der Waals surface area contributed by atoms with Gasteiger partial charge < -0.3 is 4.90 Å². The van der Waals surface area contributed by atoms with Gasteiger partial charge in [-0.3, -0.25) is 4.90 Å². The highest BCUT2D eigenvalue weighted by Gasteiger charge is 2.34. The molecule has 1 fully saturated rings. The Kier molecular flexibility index (Phi) is 4.52. The molecule has 4 heteroatoms. The first-order chi connectivity index (χ1) is 11.6. The molecule has 0 N–H and O–H groups in total. The fourth-order valence-corrected chi connectivity index (χ4v) is 2.74. The molecule has 0 radical (unpaired) electrons. The molecular formula is C20H21N3O. The molecule has 1 saturated heterocycles. The van der Waals surface area contributed by atoms with Crippen LogP contribution in [-0.2, 0) is 0 Å². The SMILES string of the molecule is CC1CN(c2ccc(C#Cc3ccccc3)cn2)C(=O)N(C)C1C. The lowest BCUT2D eigenvalue weighted by Gasteiger charge is -2.41. The molecule has 0 spiro atoms. The van der Waals surface area contributed by atoms with Gasteiger partial charge in [0.1, 0.15) is 5.82 Å². The van der Waals surface area contributed by atoms with Gasteiger partial charge in [-0.15, -0.1) is 0 Å². The second-order valence-electron chi connectivity index (χ2n) is 6.24. The second kappa shape index (κ2) is 6.76. The molecule has 2 unspecified atom stereocenters. The van der Waals surface area contributed by atoms with Crippen LogP contribution in [0.3, 0.4) is 0 Å². The second-order valence-corrected chi connectivity index (χ2v) is 6.24. The molecule has 2 atom stereocenters. The lowest BCUT2D eigenvalue weighted by Crippen LogP contribution is -2.56. The molecule has 1 aromatic carbocycles. The van der Waals surface area contributed by atoms with Crippen LogP contribution in [0.5, 0.6) is 0 Å². The van der Waals surface area contributed by atoms with Crippen molar-refractivity contribution in [3.8, 4) is 11.8 Å². The fourth-order valence-electron chi connectivity index (χ4n) is 2.74. The van der Waals surface area contributed by atoms with Crippen molar-refractivity contribution in [1.82, 2.24) is 9.88 Å². The minimum atomic E-state index is -0.00350. The summed E-state index contributed by atoms with van der Waals surface area (Å²) in [7, 11) is 1.84. The molecule has 1 aliphatic heterocycles. The molecule has 0 aliphatic carbocycles. The van der Waals surface area contributed by atoms with Crippen LogP contribution in [0.2, 0.25) is 0 Å². The van der Waals surface area contributed by atoms with Crippen LogP contribution in [0.4, 0.5) is 10.6 Å². The van der Waals surface area contributed by atoms with Gasteiger partial charge in [-0.05, 0) is 37.1 Å². The summed E-state index contributed by atoms with van der Waals surface area (Å²) in [6, 6.07) is 13.9. The van der Waals surface area contributed by atoms with Gasteiger partial charge in [0.05, 0.1) is 0 Å². The first kappa shape index (κ1) is 16.1. The lowest BCUT2D eigenvalue weighted by molar-refractivity contribution is 0.164. The zero-order valence-electron chi connectivity index (χ0n) is 14.2. The summed E-state index contributed by atoms with van der Waals surface area (Å²) in [6.45, 7) is 4.92. The van der Waals surface area contributed by atoms with E-state index in [1.165, 1.54) is 0 Å². The smallest absolute Gasteiger partial charge is 0.324 e. The van der Waals surface area contributed by atoms with Crippen LogP contribution in [0.15, 0.2) is 48.7 Å². The topological polar surface area (TPSA) is 36.4 Å². The first-order valence-electron chi connectivity index (χ1n) is 8.13. The Balaban J connectivity index is 1.78. The summed E-state index contributed by atoms with van der Waals surface area (Å²) in [5, 5.41) is 0. The highest BCUT2D eigenvalue weighted by Crippen LogP contribution is 2.24.